The topological polar surface area (TPSA) is 42.2 Å². The Morgan fingerprint density at radius 3 is 3.00 bits per heavy atom. The van der Waals surface area contributed by atoms with Gasteiger partial charge in [-0.15, -0.1) is 0 Å². The Labute approximate surface area is 73.7 Å². The van der Waals surface area contributed by atoms with Crippen molar-refractivity contribution in [2.45, 2.75) is 37.8 Å². The largest absolute Gasteiger partial charge is 0.394 e. The number of aliphatic hydroxyl groups excluding tert-OH is 1. The maximum atomic E-state index is 9.08. The normalized spacial score (nSPS) is 46.2. The highest BCUT2D eigenvalue weighted by atomic mass is 16.3. The van der Waals surface area contributed by atoms with Crippen molar-refractivity contribution in [1.82, 2.24) is 5.32 Å². The number of nitrogens with one attached hydrogen (secondary N) is 1. The lowest BCUT2D eigenvalue weighted by Gasteiger charge is -2.16. The molecule has 0 spiro atoms. The van der Waals surface area contributed by atoms with E-state index in [0.29, 0.717) is 12.0 Å². The molecule has 0 saturated carbocycles. The fourth-order valence-corrected chi connectivity index (χ4v) is 2.15. The molecule has 1 fully saturated rings. The standard InChI is InChI=1S/C10H17NO/c1-10(7-12)9(11-10)8-5-3-2-4-6-8/h3,5,8-9,11-12H,2,4,6-7H2,1H3. The van der Waals surface area contributed by atoms with Gasteiger partial charge in [-0.3, -0.25) is 0 Å². The lowest BCUT2D eigenvalue weighted by Crippen LogP contribution is -2.21. The van der Waals surface area contributed by atoms with Gasteiger partial charge in [0.2, 0.25) is 0 Å². The summed E-state index contributed by atoms with van der Waals surface area (Å²) in [6, 6.07) is 0.527. The molecule has 1 heterocycles. The second-order valence-corrected chi connectivity index (χ2v) is 4.22. The fourth-order valence-electron chi connectivity index (χ4n) is 2.15. The highest BCUT2D eigenvalue weighted by molar-refractivity contribution is 5.18. The van der Waals surface area contributed by atoms with Crippen molar-refractivity contribution in [1.29, 1.82) is 0 Å². The van der Waals surface area contributed by atoms with Gasteiger partial charge in [0.1, 0.15) is 0 Å². The summed E-state index contributed by atoms with van der Waals surface area (Å²) in [4.78, 5) is 0. The highest BCUT2D eigenvalue weighted by Crippen LogP contribution is 2.36. The Balaban J connectivity index is 1.95. The average molecular weight is 167 g/mol. The second kappa shape index (κ2) is 2.86. The molecule has 2 heteroatoms. The first kappa shape index (κ1) is 8.27. The third kappa shape index (κ3) is 1.29. The van der Waals surface area contributed by atoms with E-state index in [4.69, 9.17) is 5.11 Å². The van der Waals surface area contributed by atoms with E-state index in [9.17, 15) is 0 Å². The Morgan fingerprint density at radius 1 is 1.67 bits per heavy atom. The lowest BCUT2D eigenvalue weighted by molar-refractivity contribution is 0.251. The summed E-state index contributed by atoms with van der Waals surface area (Å²) in [6.45, 7) is 2.36. The van der Waals surface area contributed by atoms with E-state index in [1.807, 2.05) is 0 Å². The first-order chi connectivity index (χ1) is 5.76. The first-order valence-electron chi connectivity index (χ1n) is 4.81. The molecule has 68 valence electrons. The van der Waals surface area contributed by atoms with Crippen molar-refractivity contribution in [2.75, 3.05) is 6.61 Å². The quantitative estimate of drug-likeness (QED) is 0.477. The number of hydrogen-bond acceptors (Lipinski definition) is 2. The number of hydrogen-bond donors (Lipinski definition) is 2. The van der Waals surface area contributed by atoms with Crippen LogP contribution in [-0.4, -0.2) is 23.3 Å². The summed E-state index contributed by atoms with van der Waals surface area (Å²) < 4.78 is 0. The lowest BCUT2D eigenvalue weighted by atomic mass is 9.88. The summed E-state index contributed by atoms with van der Waals surface area (Å²) in [5.41, 5.74) is 0.0202. The van der Waals surface area contributed by atoms with Crippen LogP contribution in [0.25, 0.3) is 0 Å². The molecule has 3 unspecified atom stereocenters. The Kier molecular flexibility index (Phi) is 1.97. The van der Waals surface area contributed by atoms with E-state index in [2.05, 4.69) is 24.4 Å². The van der Waals surface area contributed by atoms with E-state index < -0.39 is 0 Å². The predicted octanol–water partition coefficient (Wildman–Crippen LogP) is 1.07. The summed E-state index contributed by atoms with van der Waals surface area (Å²) >= 11 is 0. The van der Waals surface area contributed by atoms with Crippen LogP contribution in [0.4, 0.5) is 0 Å². The van der Waals surface area contributed by atoms with Crippen LogP contribution in [-0.2, 0) is 0 Å². The van der Waals surface area contributed by atoms with Gasteiger partial charge in [-0.1, -0.05) is 12.2 Å². The molecule has 12 heavy (non-hydrogen) atoms. The van der Waals surface area contributed by atoms with Crippen LogP contribution in [0.15, 0.2) is 12.2 Å². The van der Waals surface area contributed by atoms with Crippen molar-refractivity contribution >= 4 is 0 Å². The first-order valence-corrected chi connectivity index (χ1v) is 4.81. The van der Waals surface area contributed by atoms with Crippen LogP contribution in [0, 0.1) is 5.92 Å². The predicted molar refractivity (Wildman–Crippen MR) is 48.9 cm³/mol. The van der Waals surface area contributed by atoms with E-state index in [1.54, 1.807) is 0 Å². The van der Waals surface area contributed by atoms with E-state index >= 15 is 0 Å². The van der Waals surface area contributed by atoms with Gasteiger partial charge < -0.3 is 10.4 Å². The van der Waals surface area contributed by atoms with Crippen molar-refractivity contribution in [2.24, 2.45) is 5.92 Å². The SMILES string of the molecule is CC1(CO)NC1C1C=CCCC1. The van der Waals surface area contributed by atoms with Crippen LogP contribution < -0.4 is 5.32 Å². The average Bonchev–Trinajstić information content (AvgIpc) is 2.81. The van der Waals surface area contributed by atoms with Crippen molar-refractivity contribution in [3.63, 3.8) is 0 Å². The zero-order valence-electron chi connectivity index (χ0n) is 7.59. The maximum Gasteiger partial charge on any atom is 0.0626 e. The van der Waals surface area contributed by atoms with Crippen LogP contribution >= 0.6 is 0 Å². The fraction of sp³-hybridized carbons (Fsp3) is 0.800. The summed E-state index contributed by atoms with van der Waals surface area (Å²) in [5, 5.41) is 12.4. The molecule has 0 aromatic carbocycles. The molecule has 0 radical (unpaired) electrons. The van der Waals surface area contributed by atoms with E-state index in [-0.39, 0.29) is 12.1 Å². The molecule has 0 aromatic rings. The van der Waals surface area contributed by atoms with Gasteiger partial charge in [0.15, 0.2) is 0 Å². The summed E-state index contributed by atoms with van der Waals surface area (Å²) in [5.74, 6) is 0.663. The van der Waals surface area contributed by atoms with Gasteiger partial charge in [-0.2, -0.15) is 0 Å². The minimum Gasteiger partial charge on any atom is -0.394 e. The van der Waals surface area contributed by atoms with Crippen LogP contribution in [0.2, 0.25) is 0 Å². The Hall–Kier alpha value is -0.340. The Morgan fingerprint density at radius 2 is 2.50 bits per heavy atom. The number of allylic oxidation sites excluding steroid dienone is 1. The molecule has 0 bridgehead atoms. The molecule has 0 amide bonds. The molecule has 2 N–H and O–H groups in total. The van der Waals surface area contributed by atoms with E-state index in [0.717, 1.165) is 0 Å². The van der Waals surface area contributed by atoms with Crippen LogP contribution in [0.1, 0.15) is 26.2 Å². The summed E-state index contributed by atoms with van der Waals surface area (Å²) in [6.07, 6.45) is 8.40. The van der Waals surface area contributed by atoms with Crippen molar-refractivity contribution in [3.05, 3.63) is 12.2 Å². The van der Waals surface area contributed by atoms with Crippen molar-refractivity contribution in [3.8, 4) is 0 Å². The second-order valence-electron chi connectivity index (χ2n) is 4.22. The third-order valence-electron chi connectivity index (χ3n) is 3.14. The van der Waals surface area contributed by atoms with Crippen molar-refractivity contribution < 1.29 is 5.11 Å². The summed E-state index contributed by atoms with van der Waals surface area (Å²) in [7, 11) is 0. The zero-order valence-corrected chi connectivity index (χ0v) is 7.59. The molecular formula is C10H17NO. The number of aliphatic hydroxyl groups is 1. The minimum atomic E-state index is 0.0202. The molecule has 2 nitrogen and oxygen atoms in total. The van der Waals surface area contributed by atoms with Gasteiger partial charge in [0, 0.05) is 6.04 Å². The third-order valence-corrected chi connectivity index (χ3v) is 3.14. The van der Waals surface area contributed by atoms with Gasteiger partial charge >= 0.3 is 0 Å². The van der Waals surface area contributed by atoms with Gasteiger partial charge in [0.25, 0.3) is 0 Å². The van der Waals surface area contributed by atoms with Gasteiger partial charge in [-0.25, -0.2) is 0 Å². The molecule has 1 aliphatic heterocycles. The molecule has 2 rings (SSSR count). The molecular weight excluding hydrogens is 150 g/mol. The monoisotopic (exact) mass is 167 g/mol. The molecule has 1 aliphatic carbocycles. The highest BCUT2D eigenvalue weighted by Gasteiger charge is 2.51. The van der Waals surface area contributed by atoms with Gasteiger partial charge in [-0.05, 0) is 32.1 Å². The number of rotatable bonds is 2. The Bertz CT molecular complexity index is 202. The minimum absolute atomic E-state index is 0.0202. The van der Waals surface area contributed by atoms with Crippen LogP contribution in [0.5, 0.6) is 0 Å². The van der Waals surface area contributed by atoms with Gasteiger partial charge in [0.05, 0.1) is 12.1 Å². The maximum absolute atomic E-state index is 9.08. The zero-order chi connectivity index (χ0) is 8.60. The molecule has 1 saturated heterocycles. The van der Waals surface area contributed by atoms with Crippen LogP contribution in [0.3, 0.4) is 0 Å². The van der Waals surface area contributed by atoms with E-state index in [1.165, 1.54) is 19.3 Å². The molecule has 3 atom stereocenters. The molecule has 0 aromatic heterocycles. The smallest absolute Gasteiger partial charge is 0.0626 e. The molecule has 2 aliphatic rings.